The monoisotopic (exact) mass is 378 g/mol. The van der Waals surface area contributed by atoms with Crippen LogP contribution < -0.4 is 0 Å². The summed E-state index contributed by atoms with van der Waals surface area (Å²) in [5, 5.41) is 18.7. The third-order valence-electron chi connectivity index (χ3n) is 4.47. The van der Waals surface area contributed by atoms with E-state index in [2.05, 4.69) is 0 Å². The maximum Gasteiger partial charge on any atom is 0.337 e. The van der Waals surface area contributed by atoms with Crippen molar-refractivity contribution in [1.29, 1.82) is 0 Å². The van der Waals surface area contributed by atoms with Gasteiger partial charge in [0.15, 0.2) is 11.5 Å². The van der Waals surface area contributed by atoms with E-state index in [1.54, 1.807) is 13.0 Å². The van der Waals surface area contributed by atoms with Gasteiger partial charge in [0.05, 0.1) is 37.9 Å². The fourth-order valence-corrected chi connectivity index (χ4v) is 2.91. The molecule has 8 heteroatoms. The van der Waals surface area contributed by atoms with Gasteiger partial charge in [0.1, 0.15) is 12.4 Å². The van der Waals surface area contributed by atoms with Gasteiger partial charge in [-0.3, -0.25) is 4.79 Å². The first kappa shape index (κ1) is 20.3. The number of aldehydes is 1. The van der Waals surface area contributed by atoms with Gasteiger partial charge in [-0.25, -0.2) is 4.79 Å². The fraction of sp³-hybridized carbons (Fsp3) is 0.421. The quantitative estimate of drug-likeness (QED) is 0.416. The van der Waals surface area contributed by atoms with Crippen LogP contribution in [0.3, 0.4) is 0 Å². The highest BCUT2D eigenvalue weighted by Gasteiger charge is 2.39. The van der Waals surface area contributed by atoms with Crippen LogP contribution in [0.15, 0.2) is 30.0 Å². The summed E-state index contributed by atoms with van der Waals surface area (Å²) in [5.74, 6) is -3.08. The SMILES string of the molecule is COC(=O)C1=CO[C@H](C)[C@H](C=O)[C@@H]1CC(=O)OCCc1ccc(O)c(O)c1. The molecule has 2 rings (SSSR count). The highest BCUT2D eigenvalue weighted by atomic mass is 16.5. The first-order valence-electron chi connectivity index (χ1n) is 8.43. The highest BCUT2D eigenvalue weighted by molar-refractivity contribution is 5.90. The van der Waals surface area contributed by atoms with Crippen LogP contribution in [0.2, 0.25) is 0 Å². The summed E-state index contributed by atoms with van der Waals surface area (Å²) in [6.07, 6.45) is 1.58. The average molecular weight is 378 g/mol. The minimum absolute atomic E-state index is 0.0465. The highest BCUT2D eigenvalue weighted by Crippen LogP contribution is 2.33. The maximum atomic E-state index is 12.2. The number of aromatic hydroxyl groups is 2. The topological polar surface area (TPSA) is 119 Å². The van der Waals surface area contributed by atoms with Gasteiger partial charge in [-0.1, -0.05) is 6.07 Å². The molecule has 27 heavy (non-hydrogen) atoms. The Labute approximate surface area is 156 Å². The van der Waals surface area contributed by atoms with E-state index in [-0.39, 0.29) is 30.1 Å². The van der Waals surface area contributed by atoms with Crippen LogP contribution >= 0.6 is 0 Å². The Hall–Kier alpha value is -3.03. The molecular formula is C19H22O8. The smallest absolute Gasteiger partial charge is 0.337 e. The molecule has 146 valence electrons. The van der Waals surface area contributed by atoms with Crippen LogP contribution in [0, 0.1) is 11.8 Å². The van der Waals surface area contributed by atoms with E-state index >= 15 is 0 Å². The summed E-state index contributed by atoms with van der Waals surface area (Å²) in [6.45, 7) is 1.73. The minimum Gasteiger partial charge on any atom is -0.504 e. The van der Waals surface area contributed by atoms with Crippen LogP contribution in [-0.2, 0) is 35.0 Å². The number of hydrogen-bond acceptors (Lipinski definition) is 8. The molecule has 0 bridgehead atoms. The molecule has 1 heterocycles. The predicted molar refractivity (Wildman–Crippen MR) is 92.7 cm³/mol. The van der Waals surface area contributed by atoms with Crippen molar-refractivity contribution in [3.8, 4) is 11.5 Å². The Kier molecular flexibility index (Phi) is 6.81. The Balaban J connectivity index is 1.97. The molecule has 1 aromatic carbocycles. The molecular weight excluding hydrogens is 356 g/mol. The molecule has 3 atom stereocenters. The van der Waals surface area contributed by atoms with E-state index < -0.39 is 29.9 Å². The van der Waals surface area contributed by atoms with E-state index in [4.69, 9.17) is 14.2 Å². The number of ether oxygens (including phenoxy) is 3. The summed E-state index contributed by atoms with van der Waals surface area (Å²) < 4.78 is 15.2. The molecule has 0 unspecified atom stereocenters. The number of esters is 2. The zero-order chi connectivity index (χ0) is 20.0. The second kappa shape index (κ2) is 9.07. The molecule has 0 spiro atoms. The summed E-state index contributed by atoms with van der Waals surface area (Å²) in [7, 11) is 1.21. The van der Waals surface area contributed by atoms with Crippen molar-refractivity contribution >= 4 is 18.2 Å². The number of carbonyl (C=O) groups excluding carboxylic acids is 3. The number of rotatable bonds is 7. The van der Waals surface area contributed by atoms with Crippen LogP contribution in [0.25, 0.3) is 0 Å². The van der Waals surface area contributed by atoms with Crippen molar-refractivity contribution in [3.63, 3.8) is 0 Å². The summed E-state index contributed by atoms with van der Waals surface area (Å²) in [6, 6.07) is 4.32. The lowest BCUT2D eigenvalue weighted by Gasteiger charge is -2.32. The number of phenols is 2. The van der Waals surface area contributed by atoms with E-state index in [1.807, 2.05) is 0 Å². The van der Waals surface area contributed by atoms with Crippen molar-refractivity contribution in [3.05, 3.63) is 35.6 Å². The molecule has 0 amide bonds. The Bertz CT molecular complexity index is 739. The average Bonchev–Trinajstić information content (AvgIpc) is 2.64. The fourth-order valence-electron chi connectivity index (χ4n) is 2.91. The molecule has 0 saturated carbocycles. The van der Waals surface area contributed by atoms with E-state index in [0.29, 0.717) is 18.3 Å². The van der Waals surface area contributed by atoms with Gasteiger partial charge >= 0.3 is 11.9 Å². The molecule has 0 aliphatic carbocycles. The van der Waals surface area contributed by atoms with Crippen molar-refractivity contribution < 1.29 is 38.8 Å². The van der Waals surface area contributed by atoms with Crippen molar-refractivity contribution in [1.82, 2.24) is 0 Å². The standard InChI is InChI=1S/C19H22O8/c1-11-14(9-20)13(15(10-27-11)19(24)25-2)8-18(23)26-6-5-12-3-4-16(21)17(22)7-12/h3-4,7,9-11,13-14,21-22H,5-6,8H2,1-2H3/t11-,13+,14+/m1/s1. The summed E-state index contributed by atoms with van der Waals surface area (Å²) in [4.78, 5) is 35.5. The van der Waals surface area contributed by atoms with Crippen LogP contribution in [-0.4, -0.2) is 48.3 Å². The summed E-state index contributed by atoms with van der Waals surface area (Å²) in [5.41, 5.74) is 0.798. The van der Waals surface area contributed by atoms with Gasteiger partial charge < -0.3 is 29.2 Å². The van der Waals surface area contributed by atoms with Crippen molar-refractivity contribution in [2.24, 2.45) is 11.8 Å². The van der Waals surface area contributed by atoms with Crippen LogP contribution in [0.1, 0.15) is 18.9 Å². The van der Waals surface area contributed by atoms with Gasteiger partial charge in [-0.15, -0.1) is 0 Å². The largest absolute Gasteiger partial charge is 0.504 e. The predicted octanol–water partition coefficient (Wildman–Crippen LogP) is 1.48. The lowest BCUT2D eigenvalue weighted by molar-refractivity contribution is -0.146. The van der Waals surface area contributed by atoms with Gasteiger partial charge in [-0.2, -0.15) is 0 Å². The molecule has 1 aromatic rings. The molecule has 0 aromatic heterocycles. The van der Waals surface area contributed by atoms with Gasteiger partial charge in [0, 0.05) is 12.3 Å². The number of benzene rings is 1. The molecule has 0 fully saturated rings. The second-order valence-corrected chi connectivity index (χ2v) is 6.22. The second-order valence-electron chi connectivity index (χ2n) is 6.22. The van der Waals surface area contributed by atoms with Gasteiger partial charge in [-0.05, 0) is 24.6 Å². The zero-order valence-electron chi connectivity index (χ0n) is 15.1. The lowest BCUT2D eigenvalue weighted by atomic mass is 9.80. The Morgan fingerprint density at radius 2 is 2.00 bits per heavy atom. The van der Waals surface area contributed by atoms with Gasteiger partial charge in [0.2, 0.25) is 0 Å². The Morgan fingerprint density at radius 3 is 2.63 bits per heavy atom. The maximum absolute atomic E-state index is 12.2. The lowest BCUT2D eigenvalue weighted by Crippen LogP contribution is -2.37. The van der Waals surface area contributed by atoms with Crippen molar-refractivity contribution in [2.75, 3.05) is 13.7 Å². The van der Waals surface area contributed by atoms with E-state index in [9.17, 15) is 24.6 Å². The first-order valence-corrected chi connectivity index (χ1v) is 8.43. The minimum atomic E-state index is -0.691. The van der Waals surface area contributed by atoms with E-state index in [0.717, 1.165) is 0 Å². The Morgan fingerprint density at radius 1 is 1.26 bits per heavy atom. The van der Waals surface area contributed by atoms with Crippen LogP contribution in [0.4, 0.5) is 0 Å². The number of hydrogen-bond donors (Lipinski definition) is 2. The molecule has 1 aliphatic rings. The molecule has 0 saturated heterocycles. The normalized spacial score (nSPS) is 21.6. The van der Waals surface area contributed by atoms with Crippen molar-refractivity contribution in [2.45, 2.75) is 25.9 Å². The molecule has 2 N–H and O–H groups in total. The van der Waals surface area contributed by atoms with E-state index in [1.165, 1.54) is 25.5 Å². The third-order valence-corrected chi connectivity index (χ3v) is 4.47. The zero-order valence-corrected chi connectivity index (χ0v) is 15.1. The van der Waals surface area contributed by atoms with Gasteiger partial charge in [0.25, 0.3) is 0 Å². The molecule has 8 nitrogen and oxygen atoms in total. The number of carbonyl (C=O) groups is 3. The number of methoxy groups -OCH3 is 1. The summed E-state index contributed by atoms with van der Waals surface area (Å²) >= 11 is 0. The van der Waals surface area contributed by atoms with Crippen LogP contribution in [0.5, 0.6) is 11.5 Å². The first-order chi connectivity index (χ1) is 12.9. The molecule has 0 radical (unpaired) electrons. The molecule has 1 aliphatic heterocycles. The third kappa shape index (κ3) is 4.99. The number of phenolic OH excluding ortho intramolecular Hbond substituents is 2.